The first-order valence-electron chi connectivity index (χ1n) is 8.47. The molecule has 0 atom stereocenters. The number of hydrogen-bond acceptors (Lipinski definition) is 2. The molecule has 2 heterocycles. The van der Waals surface area contributed by atoms with Crippen molar-refractivity contribution in [1.29, 1.82) is 0 Å². The fraction of sp³-hybridized carbons (Fsp3) is 0.0476. The number of alkyl halides is 3. The van der Waals surface area contributed by atoms with Crippen LogP contribution in [0.5, 0.6) is 0 Å². The molecule has 29 heavy (non-hydrogen) atoms. The van der Waals surface area contributed by atoms with Gasteiger partial charge in [0.05, 0.1) is 27.5 Å². The van der Waals surface area contributed by atoms with E-state index in [-0.39, 0.29) is 16.4 Å². The Morgan fingerprint density at radius 3 is 2.21 bits per heavy atom. The molecule has 0 amide bonds. The average Bonchev–Trinajstić information content (AvgIpc) is 3.17. The minimum Gasteiger partial charge on any atom is -0.344 e. The van der Waals surface area contributed by atoms with Crippen LogP contribution in [0.1, 0.15) is 5.56 Å². The molecule has 1 N–H and O–H groups in total. The fourth-order valence-electron chi connectivity index (χ4n) is 2.87. The maximum absolute atomic E-state index is 14.1. The second-order valence-corrected chi connectivity index (χ2v) is 6.65. The highest BCUT2D eigenvalue weighted by atomic mass is 35.5. The van der Waals surface area contributed by atoms with Gasteiger partial charge >= 0.3 is 6.18 Å². The van der Waals surface area contributed by atoms with Crippen LogP contribution in [0.3, 0.4) is 0 Å². The molecule has 8 heteroatoms. The number of nitrogens with zero attached hydrogens (tertiary/aromatic N) is 2. The van der Waals surface area contributed by atoms with Crippen LogP contribution in [0.2, 0.25) is 5.02 Å². The summed E-state index contributed by atoms with van der Waals surface area (Å²) in [5.74, 6) is -0.205. The fourth-order valence-corrected chi connectivity index (χ4v) is 3.12. The summed E-state index contributed by atoms with van der Waals surface area (Å²) < 4.78 is 52.1. The van der Waals surface area contributed by atoms with Gasteiger partial charge in [-0.15, -0.1) is 0 Å². The van der Waals surface area contributed by atoms with Crippen molar-refractivity contribution in [2.45, 2.75) is 6.18 Å². The van der Waals surface area contributed by atoms with E-state index < -0.39 is 17.6 Å². The van der Waals surface area contributed by atoms with Crippen LogP contribution in [-0.4, -0.2) is 15.0 Å². The van der Waals surface area contributed by atoms with Gasteiger partial charge in [0.25, 0.3) is 0 Å². The lowest BCUT2D eigenvalue weighted by Crippen LogP contribution is -2.04. The normalized spacial score (nSPS) is 11.6. The number of H-pyrrole nitrogens is 1. The third-order valence-corrected chi connectivity index (χ3v) is 4.66. The third kappa shape index (κ3) is 3.86. The van der Waals surface area contributed by atoms with Crippen molar-refractivity contribution in [3.8, 4) is 33.9 Å². The molecule has 146 valence electrons. The Morgan fingerprint density at radius 2 is 1.59 bits per heavy atom. The van der Waals surface area contributed by atoms with E-state index in [4.69, 9.17) is 11.6 Å². The number of hydrogen-bond donors (Lipinski definition) is 1. The van der Waals surface area contributed by atoms with Crippen LogP contribution in [0.4, 0.5) is 17.6 Å². The van der Waals surface area contributed by atoms with Crippen molar-refractivity contribution in [3.63, 3.8) is 0 Å². The number of imidazole rings is 1. The monoisotopic (exact) mass is 417 g/mol. The molecule has 0 aliphatic carbocycles. The van der Waals surface area contributed by atoms with Gasteiger partial charge < -0.3 is 4.98 Å². The first-order chi connectivity index (χ1) is 13.8. The van der Waals surface area contributed by atoms with E-state index in [0.29, 0.717) is 22.5 Å². The van der Waals surface area contributed by atoms with Crippen LogP contribution in [0.15, 0.2) is 67.0 Å². The van der Waals surface area contributed by atoms with E-state index in [2.05, 4.69) is 15.0 Å². The minimum absolute atomic E-state index is 0.176. The summed E-state index contributed by atoms with van der Waals surface area (Å²) in [4.78, 5) is 11.6. The average molecular weight is 418 g/mol. The number of pyridine rings is 1. The van der Waals surface area contributed by atoms with E-state index in [9.17, 15) is 17.6 Å². The molecule has 0 spiro atoms. The first-order valence-corrected chi connectivity index (χ1v) is 8.84. The molecule has 0 saturated carbocycles. The number of aromatic nitrogens is 3. The van der Waals surface area contributed by atoms with Crippen molar-refractivity contribution >= 4 is 11.6 Å². The van der Waals surface area contributed by atoms with Crippen molar-refractivity contribution in [2.24, 2.45) is 0 Å². The molecule has 4 aromatic rings. The molecular formula is C21H12ClF4N3. The van der Waals surface area contributed by atoms with Crippen LogP contribution < -0.4 is 0 Å². The predicted octanol–water partition coefficient (Wildman–Crippen LogP) is 6.62. The lowest BCUT2D eigenvalue weighted by atomic mass is 10.1. The number of aromatic amines is 1. The molecule has 0 fully saturated rings. The van der Waals surface area contributed by atoms with Gasteiger partial charge in [0, 0.05) is 23.5 Å². The second kappa shape index (κ2) is 7.33. The van der Waals surface area contributed by atoms with Gasteiger partial charge in [0.15, 0.2) is 0 Å². The summed E-state index contributed by atoms with van der Waals surface area (Å²) in [6.45, 7) is 0. The van der Waals surface area contributed by atoms with E-state index in [1.165, 1.54) is 24.3 Å². The molecule has 2 aromatic carbocycles. The molecular weight excluding hydrogens is 406 g/mol. The van der Waals surface area contributed by atoms with Gasteiger partial charge in [-0.3, -0.25) is 4.98 Å². The predicted molar refractivity (Wildman–Crippen MR) is 103 cm³/mol. The van der Waals surface area contributed by atoms with E-state index in [0.717, 1.165) is 12.1 Å². The van der Waals surface area contributed by atoms with Crippen LogP contribution in [0.25, 0.3) is 33.9 Å². The van der Waals surface area contributed by atoms with Crippen LogP contribution >= 0.6 is 11.6 Å². The molecule has 4 rings (SSSR count). The summed E-state index contributed by atoms with van der Waals surface area (Å²) in [6, 6.07) is 12.6. The molecule has 3 nitrogen and oxygen atoms in total. The highest BCUT2D eigenvalue weighted by Gasteiger charge is 2.30. The topological polar surface area (TPSA) is 41.6 Å². The molecule has 0 aliphatic rings. The van der Waals surface area contributed by atoms with Crippen molar-refractivity contribution in [2.75, 3.05) is 0 Å². The Balaban J connectivity index is 1.60. The van der Waals surface area contributed by atoms with Gasteiger partial charge in [0.2, 0.25) is 0 Å². The van der Waals surface area contributed by atoms with Crippen molar-refractivity contribution in [3.05, 3.63) is 83.4 Å². The number of benzene rings is 2. The zero-order chi connectivity index (χ0) is 20.6. The first kappa shape index (κ1) is 19.1. The minimum atomic E-state index is -4.38. The van der Waals surface area contributed by atoms with Gasteiger partial charge in [-0.2, -0.15) is 13.2 Å². The molecule has 0 bridgehead atoms. The Morgan fingerprint density at radius 1 is 0.862 bits per heavy atom. The lowest BCUT2D eigenvalue weighted by Gasteiger charge is -2.07. The third-order valence-electron chi connectivity index (χ3n) is 4.34. The molecule has 0 saturated heterocycles. The van der Waals surface area contributed by atoms with Gasteiger partial charge in [0.1, 0.15) is 11.6 Å². The van der Waals surface area contributed by atoms with Crippen molar-refractivity contribution < 1.29 is 17.6 Å². The highest BCUT2D eigenvalue weighted by molar-refractivity contribution is 6.33. The Bertz CT molecular complexity index is 1130. The molecule has 0 unspecified atom stereocenters. The van der Waals surface area contributed by atoms with E-state index in [1.54, 1.807) is 30.6 Å². The Hall–Kier alpha value is -3.19. The summed E-state index contributed by atoms with van der Waals surface area (Å²) >= 11 is 6.06. The smallest absolute Gasteiger partial charge is 0.344 e. The second-order valence-electron chi connectivity index (χ2n) is 6.24. The van der Waals surface area contributed by atoms with Gasteiger partial charge in [-0.1, -0.05) is 29.8 Å². The zero-order valence-corrected chi connectivity index (χ0v) is 15.4. The summed E-state index contributed by atoms with van der Waals surface area (Å²) in [5.41, 5.74) is 1.74. The Labute approximate surface area is 168 Å². The maximum Gasteiger partial charge on any atom is 0.416 e. The Kier molecular flexibility index (Phi) is 4.84. The summed E-state index contributed by atoms with van der Waals surface area (Å²) in [5, 5.41) is 0.238. The molecule has 0 radical (unpaired) electrons. The van der Waals surface area contributed by atoms with Crippen LogP contribution in [0, 0.1) is 5.82 Å². The summed E-state index contributed by atoms with van der Waals surface area (Å²) in [6.07, 6.45) is -1.22. The van der Waals surface area contributed by atoms with Crippen LogP contribution in [-0.2, 0) is 6.18 Å². The van der Waals surface area contributed by atoms with Gasteiger partial charge in [-0.25, -0.2) is 9.37 Å². The van der Waals surface area contributed by atoms with Crippen molar-refractivity contribution in [1.82, 2.24) is 15.0 Å². The number of nitrogens with one attached hydrogen (secondary N) is 1. The lowest BCUT2D eigenvalue weighted by molar-refractivity contribution is -0.137. The summed E-state index contributed by atoms with van der Waals surface area (Å²) in [7, 11) is 0. The maximum atomic E-state index is 14.1. The van der Waals surface area contributed by atoms with E-state index >= 15 is 0 Å². The number of halogens is 5. The zero-order valence-electron chi connectivity index (χ0n) is 14.6. The number of rotatable bonds is 3. The highest BCUT2D eigenvalue weighted by Crippen LogP contribution is 2.32. The molecule has 0 aliphatic heterocycles. The SMILES string of the molecule is Fc1cccc(Cl)c1-c1nc(-c2ccc(-c3ccc(C(F)(F)F)cc3)nc2)c[nH]1. The molecule has 2 aromatic heterocycles. The standard InChI is InChI=1S/C21H12ClF4N3/c22-15-2-1-3-16(23)19(15)20-28-11-18(29-20)13-6-9-17(27-10-13)12-4-7-14(8-5-12)21(24,25)26/h1-11H,(H,28,29). The van der Waals surface area contributed by atoms with Gasteiger partial charge in [-0.05, 0) is 36.4 Å². The quantitative estimate of drug-likeness (QED) is 0.381. The largest absolute Gasteiger partial charge is 0.416 e. The van der Waals surface area contributed by atoms with E-state index in [1.807, 2.05) is 0 Å².